The minimum atomic E-state index is -4.43. The van der Waals surface area contributed by atoms with Crippen molar-refractivity contribution in [2.75, 3.05) is 18.5 Å². The third kappa shape index (κ3) is 3.62. The van der Waals surface area contributed by atoms with Crippen molar-refractivity contribution in [3.05, 3.63) is 18.0 Å². The number of alkyl halides is 4. The zero-order valence-electron chi connectivity index (χ0n) is 8.79. The number of aromatic nitrogens is 2. The molecule has 1 aromatic rings. The van der Waals surface area contributed by atoms with Crippen LogP contribution in [0, 0.1) is 0 Å². The molecule has 0 amide bonds. The van der Waals surface area contributed by atoms with Gasteiger partial charge in [0, 0.05) is 24.6 Å². The Morgan fingerprint density at radius 1 is 1.50 bits per heavy atom. The third-order valence-corrected chi connectivity index (χ3v) is 2.09. The summed E-state index contributed by atoms with van der Waals surface area (Å²) in [5.74, 6) is 0.0705. The molecule has 1 atom stereocenters. The molecule has 0 spiro atoms. The molecule has 0 fully saturated rings. The maximum absolute atomic E-state index is 12.4. The van der Waals surface area contributed by atoms with Gasteiger partial charge in [-0.3, -0.25) is 0 Å². The highest BCUT2D eigenvalue weighted by molar-refractivity contribution is 9.09. The van der Waals surface area contributed by atoms with Crippen LogP contribution < -0.4 is 4.90 Å². The van der Waals surface area contributed by atoms with Crippen LogP contribution in [0.3, 0.4) is 0 Å². The Labute approximate surface area is 99.8 Å². The fourth-order valence-corrected chi connectivity index (χ4v) is 1.58. The lowest BCUT2D eigenvalue weighted by Gasteiger charge is -2.19. The number of nitrogens with zero attached hydrogens (tertiary/aromatic N) is 3. The van der Waals surface area contributed by atoms with Crippen LogP contribution in [-0.4, -0.2) is 28.4 Å². The summed E-state index contributed by atoms with van der Waals surface area (Å²) in [6, 6.07) is 0.856. The predicted octanol–water partition coefficient (Wildman–Crippen LogP) is 2.72. The average molecular weight is 298 g/mol. The van der Waals surface area contributed by atoms with Crippen molar-refractivity contribution in [2.24, 2.45) is 0 Å². The van der Waals surface area contributed by atoms with Gasteiger partial charge in [-0.15, -0.1) is 0 Å². The quantitative estimate of drug-likeness (QED) is 0.803. The highest BCUT2D eigenvalue weighted by atomic mass is 79.9. The molecule has 0 aromatic carbocycles. The summed E-state index contributed by atoms with van der Waals surface area (Å²) < 4.78 is 37.1. The SMILES string of the molecule is CC(Br)CN(C)c1nccc(C(F)(F)F)n1. The summed E-state index contributed by atoms with van der Waals surface area (Å²) in [4.78, 5) is 8.98. The monoisotopic (exact) mass is 297 g/mol. The first-order chi connectivity index (χ1) is 7.30. The Balaban J connectivity index is 2.90. The average Bonchev–Trinajstić information content (AvgIpc) is 2.15. The number of anilines is 1. The number of rotatable bonds is 3. The van der Waals surface area contributed by atoms with Gasteiger partial charge in [0.05, 0.1) is 0 Å². The lowest BCUT2D eigenvalue weighted by atomic mass is 10.4. The largest absolute Gasteiger partial charge is 0.433 e. The molecule has 0 radical (unpaired) electrons. The zero-order valence-corrected chi connectivity index (χ0v) is 10.4. The highest BCUT2D eigenvalue weighted by Crippen LogP contribution is 2.27. The summed E-state index contributed by atoms with van der Waals surface area (Å²) in [7, 11) is 1.65. The molecule has 16 heavy (non-hydrogen) atoms. The van der Waals surface area contributed by atoms with Gasteiger partial charge in [0.1, 0.15) is 5.69 Å². The molecule has 0 aliphatic rings. The summed E-state index contributed by atoms with van der Waals surface area (Å²) in [5, 5.41) is 0. The lowest BCUT2D eigenvalue weighted by molar-refractivity contribution is -0.141. The fraction of sp³-hybridized carbons (Fsp3) is 0.556. The standard InChI is InChI=1S/C9H11BrF3N3/c1-6(10)5-16(2)8-14-4-3-7(15-8)9(11,12)13/h3-4,6H,5H2,1-2H3. The van der Waals surface area contributed by atoms with E-state index in [4.69, 9.17) is 0 Å². The van der Waals surface area contributed by atoms with E-state index < -0.39 is 11.9 Å². The van der Waals surface area contributed by atoms with Gasteiger partial charge in [0.2, 0.25) is 5.95 Å². The summed E-state index contributed by atoms with van der Waals surface area (Å²) in [6.07, 6.45) is -3.32. The zero-order chi connectivity index (χ0) is 12.3. The van der Waals surface area contributed by atoms with Gasteiger partial charge in [-0.05, 0) is 6.07 Å². The topological polar surface area (TPSA) is 29.0 Å². The van der Waals surface area contributed by atoms with Gasteiger partial charge in [0.25, 0.3) is 0 Å². The first kappa shape index (κ1) is 13.2. The van der Waals surface area contributed by atoms with Crippen molar-refractivity contribution in [3.8, 4) is 0 Å². The van der Waals surface area contributed by atoms with E-state index in [9.17, 15) is 13.2 Å². The van der Waals surface area contributed by atoms with Crippen LogP contribution in [0.15, 0.2) is 12.3 Å². The van der Waals surface area contributed by atoms with Crippen LogP contribution in [0.25, 0.3) is 0 Å². The van der Waals surface area contributed by atoms with Crippen molar-refractivity contribution >= 4 is 21.9 Å². The Morgan fingerprint density at radius 3 is 2.62 bits per heavy atom. The minimum absolute atomic E-state index is 0.0705. The van der Waals surface area contributed by atoms with Gasteiger partial charge >= 0.3 is 6.18 Å². The molecule has 0 N–H and O–H groups in total. The molecule has 90 valence electrons. The van der Waals surface area contributed by atoms with E-state index in [-0.39, 0.29) is 10.8 Å². The molecular formula is C9H11BrF3N3. The third-order valence-electron chi connectivity index (χ3n) is 1.80. The molecular weight excluding hydrogens is 287 g/mol. The second-order valence-corrected chi connectivity index (χ2v) is 4.96. The van der Waals surface area contributed by atoms with Crippen molar-refractivity contribution in [1.29, 1.82) is 0 Å². The van der Waals surface area contributed by atoms with Crippen molar-refractivity contribution in [1.82, 2.24) is 9.97 Å². The molecule has 1 heterocycles. The first-order valence-electron chi connectivity index (χ1n) is 4.56. The van der Waals surface area contributed by atoms with Crippen LogP contribution in [0.4, 0.5) is 19.1 Å². The van der Waals surface area contributed by atoms with Crippen LogP contribution in [0.1, 0.15) is 12.6 Å². The van der Waals surface area contributed by atoms with E-state index in [0.29, 0.717) is 6.54 Å². The number of halogens is 4. The van der Waals surface area contributed by atoms with Gasteiger partial charge in [0.15, 0.2) is 0 Å². The highest BCUT2D eigenvalue weighted by Gasteiger charge is 2.33. The second-order valence-electron chi connectivity index (χ2n) is 3.40. The number of hydrogen-bond donors (Lipinski definition) is 0. The van der Waals surface area contributed by atoms with Crippen LogP contribution in [-0.2, 0) is 6.18 Å². The van der Waals surface area contributed by atoms with E-state index in [2.05, 4.69) is 25.9 Å². The maximum atomic E-state index is 12.4. The van der Waals surface area contributed by atoms with Crippen molar-refractivity contribution in [2.45, 2.75) is 17.9 Å². The van der Waals surface area contributed by atoms with E-state index in [1.807, 2.05) is 6.92 Å². The molecule has 1 aromatic heterocycles. The molecule has 7 heteroatoms. The normalized spacial score (nSPS) is 13.6. The summed E-state index contributed by atoms with van der Waals surface area (Å²) in [5.41, 5.74) is -0.924. The Morgan fingerprint density at radius 2 is 2.12 bits per heavy atom. The van der Waals surface area contributed by atoms with E-state index >= 15 is 0 Å². The van der Waals surface area contributed by atoms with Gasteiger partial charge in [-0.1, -0.05) is 22.9 Å². The van der Waals surface area contributed by atoms with Crippen LogP contribution >= 0.6 is 15.9 Å². The summed E-state index contributed by atoms with van der Waals surface area (Å²) in [6.45, 7) is 2.42. The maximum Gasteiger partial charge on any atom is 0.433 e. The molecule has 3 nitrogen and oxygen atoms in total. The molecule has 1 rings (SSSR count). The number of hydrogen-bond acceptors (Lipinski definition) is 3. The lowest BCUT2D eigenvalue weighted by Crippen LogP contribution is -2.26. The van der Waals surface area contributed by atoms with Crippen molar-refractivity contribution < 1.29 is 13.2 Å². The molecule has 1 unspecified atom stereocenters. The molecule has 0 bridgehead atoms. The minimum Gasteiger partial charge on any atom is -0.343 e. The Hall–Kier alpha value is -0.850. The molecule has 0 saturated carbocycles. The second kappa shape index (κ2) is 4.99. The van der Waals surface area contributed by atoms with Gasteiger partial charge in [-0.25, -0.2) is 9.97 Å². The molecule has 0 saturated heterocycles. The van der Waals surface area contributed by atoms with Gasteiger partial charge < -0.3 is 4.90 Å². The first-order valence-corrected chi connectivity index (χ1v) is 5.47. The fourth-order valence-electron chi connectivity index (χ4n) is 1.15. The Kier molecular flexibility index (Phi) is 4.12. The van der Waals surface area contributed by atoms with Crippen LogP contribution in [0.2, 0.25) is 0 Å². The Bertz CT molecular complexity index is 354. The van der Waals surface area contributed by atoms with Crippen molar-refractivity contribution in [3.63, 3.8) is 0 Å². The van der Waals surface area contributed by atoms with Gasteiger partial charge in [-0.2, -0.15) is 13.2 Å². The predicted molar refractivity (Wildman–Crippen MR) is 58.7 cm³/mol. The van der Waals surface area contributed by atoms with Crippen LogP contribution in [0.5, 0.6) is 0 Å². The van der Waals surface area contributed by atoms with E-state index in [1.54, 1.807) is 11.9 Å². The molecule has 0 aliphatic carbocycles. The molecule has 0 aliphatic heterocycles. The summed E-state index contributed by atoms with van der Waals surface area (Å²) >= 11 is 3.31. The van der Waals surface area contributed by atoms with E-state index in [1.165, 1.54) is 0 Å². The smallest absolute Gasteiger partial charge is 0.343 e. The van der Waals surface area contributed by atoms with E-state index in [0.717, 1.165) is 12.3 Å².